The molecule has 0 radical (unpaired) electrons. The van der Waals surface area contributed by atoms with Crippen molar-refractivity contribution in [3.63, 3.8) is 0 Å². The van der Waals surface area contributed by atoms with Gasteiger partial charge in [-0.2, -0.15) is 0 Å². The van der Waals surface area contributed by atoms with Crippen molar-refractivity contribution in [2.24, 2.45) is 0 Å². The summed E-state index contributed by atoms with van der Waals surface area (Å²) >= 11 is 1.68. The van der Waals surface area contributed by atoms with Gasteiger partial charge in [0.05, 0.1) is 6.04 Å². The van der Waals surface area contributed by atoms with Gasteiger partial charge in [0.15, 0.2) is 0 Å². The van der Waals surface area contributed by atoms with Crippen LogP contribution in [0.15, 0.2) is 29.6 Å². The van der Waals surface area contributed by atoms with Crippen LogP contribution < -0.4 is 10.6 Å². The average Bonchev–Trinajstić information content (AvgIpc) is 3.04. The Bertz CT molecular complexity index is 665. The molecule has 0 unspecified atom stereocenters. The van der Waals surface area contributed by atoms with E-state index in [9.17, 15) is 9.59 Å². The molecule has 2 aromatic rings. The second-order valence-electron chi connectivity index (χ2n) is 5.08. The van der Waals surface area contributed by atoms with E-state index in [4.69, 9.17) is 0 Å². The van der Waals surface area contributed by atoms with E-state index in [0.717, 1.165) is 5.56 Å². The van der Waals surface area contributed by atoms with Crippen LogP contribution in [0.4, 0.5) is 0 Å². The van der Waals surface area contributed by atoms with E-state index in [2.05, 4.69) is 28.1 Å². The number of rotatable bonds is 3. The van der Waals surface area contributed by atoms with Crippen molar-refractivity contribution >= 4 is 33.2 Å². The number of fused-ring (bicyclic) bond motifs is 1. The zero-order valence-corrected chi connectivity index (χ0v) is 12.0. The zero-order chi connectivity index (χ0) is 14.1. The summed E-state index contributed by atoms with van der Waals surface area (Å²) in [5.74, 6) is -0.141. The van der Waals surface area contributed by atoms with Crippen molar-refractivity contribution in [2.75, 3.05) is 0 Å². The molecule has 1 aromatic carbocycles. The molecule has 20 heavy (non-hydrogen) atoms. The van der Waals surface area contributed by atoms with Crippen molar-refractivity contribution in [3.05, 3.63) is 35.2 Å². The van der Waals surface area contributed by atoms with Gasteiger partial charge in [-0.05, 0) is 35.7 Å². The molecule has 0 spiro atoms. The summed E-state index contributed by atoms with van der Waals surface area (Å²) in [5, 5.41) is 8.95. The SMILES string of the molecule is C[C@H](NC(=O)[C@@H]1CCC(=O)N1)c1csc2ccccc12. The van der Waals surface area contributed by atoms with Crippen molar-refractivity contribution in [3.8, 4) is 0 Å². The van der Waals surface area contributed by atoms with E-state index in [-0.39, 0.29) is 23.9 Å². The minimum absolute atomic E-state index is 0.0428. The summed E-state index contributed by atoms with van der Waals surface area (Å²) in [6, 6.07) is 7.73. The summed E-state index contributed by atoms with van der Waals surface area (Å²) in [6.45, 7) is 1.98. The Morgan fingerprint density at radius 2 is 2.25 bits per heavy atom. The fraction of sp³-hybridized carbons (Fsp3) is 0.333. The van der Waals surface area contributed by atoms with Gasteiger partial charge in [0.1, 0.15) is 6.04 Å². The van der Waals surface area contributed by atoms with Crippen LogP contribution in [0, 0.1) is 0 Å². The normalized spacial score (nSPS) is 19.9. The molecule has 1 aliphatic heterocycles. The Labute approximate surface area is 121 Å². The lowest BCUT2D eigenvalue weighted by molar-refractivity contribution is -0.126. The van der Waals surface area contributed by atoms with Crippen LogP contribution in [-0.4, -0.2) is 17.9 Å². The monoisotopic (exact) mass is 288 g/mol. The first-order chi connectivity index (χ1) is 9.65. The van der Waals surface area contributed by atoms with Crippen LogP contribution >= 0.6 is 11.3 Å². The molecule has 3 rings (SSSR count). The molecule has 2 N–H and O–H groups in total. The first kappa shape index (κ1) is 13.1. The van der Waals surface area contributed by atoms with Crippen molar-refractivity contribution < 1.29 is 9.59 Å². The van der Waals surface area contributed by atoms with E-state index in [1.54, 1.807) is 11.3 Å². The van der Waals surface area contributed by atoms with E-state index in [1.807, 2.05) is 19.1 Å². The Balaban J connectivity index is 1.74. The molecule has 0 saturated carbocycles. The van der Waals surface area contributed by atoms with E-state index in [0.29, 0.717) is 12.8 Å². The molecule has 1 aliphatic rings. The largest absolute Gasteiger partial charge is 0.348 e. The van der Waals surface area contributed by atoms with Gasteiger partial charge in [-0.25, -0.2) is 0 Å². The number of amides is 2. The third kappa shape index (κ3) is 2.41. The van der Waals surface area contributed by atoms with E-state index < -0.39 is 0 Å². The number of benzene rings is 1. The van der Waals surface area contributed by atoms with Crippen molar-refractivity contribution in [1.29, 1.82) is 0 Å². The lowest BCUT2D eigenvalue weighted by Gasteiger charge is -2.17. The van der Waals surface area contributed by atoms with Gasteiger partial charge in [0.2, 0.25) is 11.8 Å². The van der Waals surface area contributed by atoms with Gasteiger partial charge in [0, 0.05) is 11.1 Å². The summed E-state index contributed by atoms with van der Waals surface area (Å²) in [4.78, 5) is 23.3. The highest BCUT2D eigenvalue weighted by Gasteiger charge is 2.28. The molecule has 0 bridgehead atoms. The minimum Gasteiger partial charge on any atom is -0.348 e. The topological polar surface area (TPSA) is 58.2 Å². The van der Waals surface area contributed by atoms with Gasteiger partial charge in [-0.15, -0.1) is 11.3 Å². The Morgan fingerprint density at radius 3 is 3.00 bits per heavy atom. The third-order valence-electron chi connectivity index (χ3n) is 3.65. The van der Waals surface area contributed by atoms with E-state index in [1.165, 1.54) is 10.1 Å². The highest BCUT2D eigenvalue weighted by Crippen LogP contribution is 2.30. The Morgan fingerprint density at radius 1 is 1.45 bits per heavy atom. The second kappa shape index (κ2) is 5.25. The predicted molar refractivity (Wildman–Crippen MR) is 79.5 cm³/mol. The number of hydrogen-bond acceptors (Lipinski definition) is 3. The van der Waals surface area contributed by atoms with Crippen LogP contribution in [0.25, 0.3) is 10.1 Å². The lowest BCUT2D eigenvalue weighted by atomic mass is 10.1. The van der Waals surface area contributed by atoms with Gasteiger partial charge >= 0.3 is 0 Å². The first-order valence-electron chi connectivity index (χ1n) is 6.71. The maximum absolute atomic E-state index is 12.1. The quantitative estimate of drug-likeness (QED) is 0.911. The zero-order valence-electron chi connectivity index (χ0n) is 11.2. The highest BCUT2D eigenvalue weighted by atomic mass is 32.1. The first-order valence-corrected chi connectivity index (χ1v) is 7.59. The molecule has 104 valence electrons. The number of thiophene rings is 1. The fourth-order valence-corrected chi connectivity index (χ4v) is 3.59. The molecule has 1 fully saturated rings. The summed E-state index contributed by atoms with van der Waals surface area (Å²) in [7, 11) is 0. The molecule has 4 nitrogen and oxygen atoms in total. The Hall–Kier alpha value is -1.88. The summed E-state index contributed by atoms with van der Waals surface area (Å²) in [5.41, 5.74) is 1.13. The maximum atomic E-state index is 12.1. The smallest absolute Gasteiger partial charge is 0.243 e. The van der Waals surface area contributed by atoms with Gasteiger partial charge in [-0.3, -0.25) is 9.59 Å². The highest BCUT2D eigenvalue weighted by molar-refractivity contribution is 7.17. The van der Waals surface area contributed by atoms with Gasteiger partial charge in [0.25, 0.3) is 0 Å². The number of carbonyl (C=O) groups excluding carboxylic acids is 2. The molecule has 2 amide bonds. The molecule has 2 heterocycles. The van der Waals surface area contributed by atoms with Crippen LogP contribution in [0.2, 0.25) is 0 Å². The standard InChI is InChI=1S/C15H16N2O2S/c1-9(16-15(19)12-6-7-14(18)17-12)11-8-20-13-5-3-2-4-10(11)13/h2-5,8-9,12H,6-7H2,1H3,(H,16,19)(H,17,18)/t9-,12-/m0/s1. The summed E-state index contributed by atoms with van der Waals surface area (Å²) < 4.78 is 1.22. The van der Waals surface area contributed by atoms with E-state index >= 15 is 0 Å². The number of nitrogens with one attached hydrogen (secondary N) is 2. The van der Waals surface area contributed by atoms with Crippen LogP contribution in [0.3, 0.4) is 0 Å². The molecule has 1 saturated heterocycles. The molecular formula is C15H16N2O2S. The van der Waals surface area contributed by atoms with Crippen LogP contribution in [0.1, 0.15) is 31.4 Å². The predicted octanol–water partition coefficient (Wildman–Crippen LogP) is 2.36. The van der Waals surface area contributed by atoms with Crippen LogP contribution in [-0.2, 0) is 9.59 Å². The molecule has 0 aliphatic carbocycles. The second-order valence-corrected chi connectivity index (χ2v) is 5.99. The fourth-order valence-electron chi connectivity index (χ4n) is 2.54. The van der Waals surface area contributed by atoms with Gasteiger partial charge < -0.3 is 10.6 Å². The van der Waals surface area contributed by atoms with Crippen molar-refractivity contribution in [2.45, 2.75) is 31.8 Å². The Kier molecular flexibility index (Phi) is 3.44. The molecular weight excluding hydrogens is 272 g/mol. The lowest BCUT2D eigenvalue weighted by Crippen LogP contribution is -2.42. The third-order valence-corrected chi connectivity index (χ3v) is 4.63. The molecule has 1 aromatic heterocycles. The molecule has 5 heteroatoms. The van der Waals surface area contributed by atoms with Gasteiger partial charge in [-0.1, -0.05) is 18.2 Å². The number of hydrogen-bond donors (Lipinski definition) is 2. The molecule has 2 atom stereocenters. The average molecular weight is 288 g/mol. The minimum atomic E-state index is -0.380. The maximum Gasteiger partial charge on any atom is 0.243 e. The number of carbonyl (C=O) groups is 2. The van der Waals surface area contributed by atoms with Crippen molar-refractivity contribution in [1.82, 2.24) is 10.6 Å². The summed E-state index contributed by atoms with van der Waals surface area (Å²) in [6.07, 6.45) is 1.02. The van der Waals surface area contributed by atoms with Crippen LogP contribution in [0.5, 0.6) is 0 Å².